The van der Waals surface area contributed by atoms with Crippen LogP contribution in [0.1, 0.15) is 0 Å². The Bertz CT molecular complexity index is 1370. The number of hydrogen-bond donors (Lipinski definition) is 1. The highest BCUT2D eigenvalue weighted by molar-refractivity contribution is 7.99. The van der Waals surface area contributed by atoms with E-state index in [1.165, 1.54) is 23.1 Å². The van der Waals surface area contributed by atoms with Crippen LogP contribution in [0, 0.1) is 0 Å². The highest BCUT2D eigenvalue weighted by atomic mass is 35.5. The summed E-state index contributed by atoms with van der Waals surface area (Å²) >= 11 is 14.5. The van der Waals surface area contributed by atoms with Gasteiger partial charge in [0.2, 0.25) is 5.91 Å². The van der Waals surface area contributed by atoms with Crippen molar-refractivity contribution in [2.45, 2.75) is 11.7 Å². The van der Waals surface area contributed by atoms with Gasteiger partial charge in [0, 0.05) is 23.2 Å². The third-order valence-corrected chi connectivity index (χ3v) is 7.18. The minimum Gasteiger partial charge on any atom is -0.325 e. The molecule has 0 saturated heterocycles. The van der Waals surface area contributed by atoms with Crippen molar-refractivity contribution < 1.29 is 4.79 Å². The quantitative estimate of drug-likeness (QED) is 0.182. The van der Waals surface area contributed by atoms with Crippen molar-refractivity contribution in [2.24, 2.45) is 0 Å². The zero-order valence-electron chi connectivity index (χ0n) is 16.7. The monoisotopic (exact) mass is 501 g/mol. The smallest absolute Gasteiger partial charge is 0.263 e. The maximum absolute atomic E-state index is 13.3. The van der Waals surface area contributed by atoms with Gasteiger partial charge in [0.15, 0.2) is 5.16 Å². The molecule has 1 amide bonds. The highest BCUT2D eigenvalue weighted by Gasteiger charge is 2.18. The lowest BCUT2D eigenvalue weighted by Gasteiger charge is -2.11. The maximum atomic E-state index is 13.3. The number of benzene rings is 2. The van der Waals surface area contributed by atoms with Crippen molar-refractivity contribution in [2.75, 3.05) is 11.1 Å². The summed E-state index contributed by atoms with van der Waals surface area (Å²) in [5.41, 5.74) is 2.21. The Morgan fingerprint density at radius 1 is 1.19 bits per heavy atom. The van der Waals surface area contributed by atoms with Crippen molar-refractivity contribution in [3.63, 3.8) is 0 Å². The van der Waals surface area contributed by atoms with Crippen molar-refractivity contribution in [3.8, 4) is 11.1 Å². The Kier molecular flexibility index (Phi) is 7.01. The Morgan fingerprint density at radius 2 is 1.97 bits per heavy atom. The standard InChI is InChI=1S/C23H17Cl2N3O2S2/c1-2-10-28-22(30)20-16(14-6-4-3-5-7-14)12-31-21(20)27-23(28)32-13-19(29)26-15-8-9-17(24)18(25)11-15/h2-9,11-12H,1,10,13H2,(H,26,29). The highest BCUT2D eigenvalue weighted by Crippen LogP contribution is 2.32. The molecule has 0 saturated carbocycles. The molecule has 1 N–H and O–H groups in total. The van der Waals surface area contributed by atoms with Crippen LogP contribution in [-0.4, -0.2) is 21.2 Å². The average molecular weight is 502 g/mol. The van der Waals surface area contributed by atoms with Crippen LogP contribution < -0.4 is 10.9 Å². The van der Waals surface area contributed by atoms with E-state index in [4.69, 9.17) is 23.2 Å². The Hall–Kier alpha value is -2.58. The number of aromatic nitrogens is 2. The van der Waals surface area contributed by atoms with Gasteiger partial charge in [-0.1, -0.05) is 71.4 Å². The number of hydrogen-bond acceptors (Lipinski definition) is 5. The first-order valence-electron chi connectivity index (χ1n) is 9.54. The first-order valence-corrected chi connectivity index (χ1v) is 12.2. The lowest BCUT2D eigenvalue weighted by atomic mass is 10.1. The molecule has 5 nitrogen and oxygen atoms in total. The van der Waals surface area contributed by atoms with Gasteiger partial charge < -0.3 is 5.32 Å². The van der Waals surface area contributed by atoms with Crippen molar-refractivity contribution in [3.05, 3.63) is 87.0 Å². The molecule has 0 unspecified atom stereocenters. The molecule has 4 aromatic rings. The maximum Gasteiger partial charge on any atom is 0.263 e. The fourth-order valence-corrected chi connectivity index (χ4v) is 5.23. The molecule has 2 aromatic heterocycles. The van der Waals surface area contributed by atoms with Crippen LogP contribution in [0.3, 0.4) is 0 Å². The summed E-state index contributed by atoms with van der Waals surface area (Å²) in [5, 5.41) is 6.53. The molecule has 4 rings (SSSR count). The molecule has 0 bridgehead atoms. The van der Waals surface area contributed by atoms with Gasteiger partial charge in [0.1, 0.15) is 4.83 Å². The van der Waals surface area contributed by atoms with Crippen LogP contribution >= 0.6 is 46.3 Å². The molecule has 2 aromatic carbocycles. The number of amides is 1. The number of thioether (sulfide) groups is 1. The van der Waals surface area contributed by atoms with E-state index in [1.54, 1.807) is 28.8 Å². The lowest BCUT2D eigenvalue weighted by Crippen LogP contribution is -2.23. The van der Waals surface area contributed by atoms with E-state index in [1.807, 2.05) is 35.7 Å². The van der Waals surface area contributed by atoms with Crippen molar-refractivity contribution in [1.29, 1.82) is 0 Å². The Balaban J connectivity index is 1.61. The zero-order chi connectivity index (χ0) is 22.7. The molecule has 0 atom stereocenters. The van der Waals surface area contributed by atoms with E-state index in [0.717, 1.165) is 11.1 Å². The second kappa shape index (κ2) is 9.92. The second-order valence-electron chi connectivity index (χ2n) is 6.76. The van der Waals surface area contributed by atoms with Gasteiger partial charge >= 0.3 is 0 Å². The summed E-state index contributed by atoms with van der Waals surface area (Å²) in [6.07, 6.45) is 1.64. The summed E-state index contributed by atoms with van der Waals surface area (Å²) in [6.45, 7) is 4.05. The van der Waals surface area contributed by atoms with Crippen LogP contribution in [0.2, 0.25) is 10.0 Å². The van der Waals surface area contributed by atoms with Crippen molar-refractivity contribution >= 4 is 68.1 Å². The van der Waals surface area contributed by atoms with Gasteiger partial charge in [0.25, 0.3) is 5.56 Å². The second-order valence-corrected chi connectivity index (χ2v) is 9.38. The summed E-state index contributed by atoms with van der Waals surface area (Å²) in [5.74, 6) is -0.171. The number of carbonyl (C=O) groups excluding carboxylic acids is 1. The summed E-state index contributed by atoms with van der Waals surface area (Å²) in [6, 6.07) is 14.6. The number of fused-ring (bicyclic) bond motifs is 1. The van der Waals surface area contributed by atoms with E-state index in [9.17, 15) is 9.59 Å². The van der Waals surface area contributed by atoms with E-state index < -0.39 is 0 Å². The Labute approximate surface area is 202 Å². The summed E-state index contributed by atoms with van der Waals surface area (Å²) in [7, 11) is 0. The normalized spacial score (nSPS) is 10.9. The van der Waals surface area contributed by atoms with Crippen LogP contribution in [0.15, 0.2) is 76.5 Å². The van der Waals surface area contributed by atoms with Gasteiger partial charge in [-0.05, 0) is 23.8 Å². The first kappa shape index (κ1) is 22.6. The van der Waals surface area contributed by atoms with Gasteiger partial charge in [-0.25, -0.2) is 4.98 Å². The molecular weight excluding hydrogens is 485 g/mol. The number of nitrogens with zero attached hydrogens (tertiary/aromatic N) is 2. The van der Waals surface area contributed by atoms with E-state index in [-0.39, 0.29) is 17.2 Å². The zero-order valence-corrected chi connectivity index (χ0v) is 19.8. The molecule has 0 aliphatic carbocycles. The third-order valence-electron chi connectivity index (χ3n) is 4.59. The molecule has 0 fully saturated rings. The number of thiophene rings is 1. The first-order chi connectivity index (χ1) is 15.5. The molecule has 32 heavy (non-hydrogen) atoms. The number of anilines is 1. The van der Waals surface area contributed by atoms with Gasteiger partial charge in [-0.15, -0.1) is 17.9 Å². The van der Waals surface area contributed by atoms with Crippen LogP contribution in [0.4, 0.5) is 5.69 Å². The molecule has 162 valence electrons. The van der Waals surface area contributed by atoms with Gasteiger partial charge in [-0.2, -0.15) is 0 Å². The molecule has 9 heteroatoms. The number of rotatable bonds is 7. The average Bonchev–Trinajstić information content (AvgIpc) is 3.22. The Morgan fingerprint density at radius 3 is 2.69 bits per heavy atom. The summed E-state index contributed by atoms with van der Waals surface area (Å²) in [4.78, 5) is 31.1. The van der Waals surface area contributed by atoms with Gasteiger partial charge in [-0.3, -0.25) is 14.2 Å². The fourth-order valence-electron chi connectivity index (χ4n) is 3.14. The number of nitrogens with one attached hydrogen (secondary N) is 1. The lowest BCUT2D eigenvalue weighted by molar-refractivity contribution is -0.113. The van der Waals surface area contributed by atoms with Crippen LogP contribution in [0.25, 0.3) is 21.3 Å². The summed E-state index contributed by atoms with van der Waals surface area (Å²) < 4.78 is 1.55. The fraction of sp³-hybridized carbons (Fsp3) is 0.0870. The number of carbonyl (C=O) groups is 1. The van der Waals surface area contributed by atoms with E-state index >= 15 is 0 Å². The minimum atomic E-state index is -0.246. The van der Waals surface area contributed by atoms with Crippen LogP contribution in [-0.2, 0) is 11.3 Å². The predicted octanol–water partition coefficient (Wildman–Crippen LogP) is 6.35. The molecule has 0 aliphatic heterocycles. The number of halogens is 2. The van der Waals surface area contributed by atoms with E-state index in [2.05, 4.69) is 16.9 Å². The number of allylic oxidation sites excluding steroid dienone is 1. The largest absolute Gasteiger partial charge is 0.325 e. The molecule has 0 radical (unpaired) electrons. The topological polar surface area (TPSA) is 64.0 Å². The molecular formula is C23H17Cl2N3O2S2. The van der Waals surface area contributed by atoms with Crippen LogP contribution in [0.5, 0.6) is 0 Å². The predicted molar refractivity (Wildman–Crippen MR) is 135 cm³/mol. The van der Waals surface area contributed by atoms with Crippen molar-refractivity contribution in [1.82, 2.24) is 9.55 Å². The molecule has 2 heterocycles. The molecule has 0 aliphatic rings. The van der Waals surface area contributed by atoms with Gasteiger partial charge in [0.05, 0.1) is 21.2 Å². The minimum absolute atomic E-state index is 0.0756. The van der Waals surface area contributed by atoms with E-state index in [0.29, 0.717) is 37.7 Å². The molecule has 0 spiro atoms. The third kappa shape index (κ3) is 4.76. The SMILES string of the molecule is C=CCn1c(SCC(=O)Nc2ccc(Cl)c(Cl)c2)nc2scc(-c3ccccc3)c2c1=O.